The molecule has 0 aromatic heterocycles. The smallest absolute Gasteiger partial charge is 0.123 e. The quantitative estimate of drug-likeness (QED) is 0.733. The highest BCUT2D eigenvalue weighted by atomic mass is 19.1. The molecule has 1 fully saturated rings. The maximum Gasteiger partial charge on any atom is 0.123 e. The van der Waals surface area contributed by atoms with E-state index in [1.165, 1.54) is 12.1 Å². The van der Waals surface area contributed by atoms with Gasteiger partial charge in [0.25, 0.3) is 0 Å². The summed E-state index contributed by atoms with van der Waals surface area (Å²) in [6, 6.07) is 4.73. The molecule has 1 aliphatic rings. The first-order chi connectivity index (χ1) is 8.01. The van der Waals surface area contributed by atoms with E-state index in [0.29, 0.717) is 5.92 Å². The standard InChI is InChI=1S/C15H21FO/c1-11-4-3-8-15(17,9-7-11)14-10-13(16)6-5-12(14)2/h5-6,10-11,17H,3-4,7-9H2,1-2H3. The fraction of sp³-hybridized carbons (Fsp3) is 0.600. The van der Waals surface area contributed by atoms with E-state index >= 15 is 0 Å². The van der Waals surface area contributed by atoms with Crippen molar-refractivity contribution in [2.75, 3.05) is 0 Å². The third-order valence-electron chi connectivity index (χ3n) is 4.04. The van der Waals surface area contributed by atoms with Crippen molar-refractivity contribution in [3.8, 4) is 0 Å². The summed E-state index contributed by atoms with van der Waals surface area (Å²) in [5, 5.41) is 10.8. The lowest BCUT2D eigenvalue weighted by molar-refractivity contribution is 0.0189. The van der Waals surface area contributed by atoms with Gasteiger partial charge in [0.15, 0.2) is 0 Å². The predicted octanol–water partition coefficient (Wildman–Crippen LogP) is 3.92. The van der Waals surface area contributed by atoms with E-state index in [0.717, 1.165) is 43.2 Å². The molecule has 2 unspecified atom stereocenters. The number of halogens is 1. The Morgan fingerprint density at radius 3 is 2.82 bits per heavy atom. The minimum atomic E-state index is -0.822. The molecule has 94 valence electrons. The molecule has 0 bridgehead atoms. The Bertz CT molecular complexity index is 402. The lowest BCUT2D eigenvalue weighted by Crippen LogP contribution is -2.26. The summed E-state index contributed by atoms with van der Waals surface area (Å²) in [5.74, 6) is 0.411. The van der Waals surface area contributed by atoms with Crippen LogP contribution >= 0.6 is 0 Å². The Kier molecular flexibility index (Phi) is 3.53. The van der Waals surface area contributed by atoms with Gasteiger partial charge >= 0.3 is 0 Å². The molecule has 0 heterocycles. The summed E-state index contributed by atoms with van der Waals surface area (Å²) in [7, 11) is 0. The first kappa shape index (κ1) is 12.6. The van der Waals surface area contributed by atoms with Crippen LogP contribution in [0.25, 0.3) is 0 Å². The van der Waals surface area contributed by atoms with Crippen LogP contribution in [0.5, 0.6) is 0 Å². The number of hydrogen-bond donors (Lipinski definition) is 1. The molecule has 0 amide bonds. The molecular weight excluding hydrogens is 215 g/mol. The van der Waals surface area contributed by atoms with Crippen LogP contribution in [0.15, 0.2) is 18.2 Å². The summed E-state index contributed by atoms with van der Waals surface area (Å²) < 4.78 is 13.3. The average Bonchev–Trinajstić information content (AvgIpc) is 2.46. The van der Waals surface area contributed by atoms with Crippen molar-refractivity contribution in [1.29, 1.82) is 0 Å². The molecular formula is C15H21FO. The van der Waals surface area contributed by atoms with Gasteiger partial charge in [-0.3, -0.25) is 0 Å². The van der Waals surface area contributed by atoms with E-state index in [1.54, 1.807) is 6.07 Å². The highest BCUT2D eigenvalue weighted by Crippen LogP contribution is 2.39. The van der Waals surface area contributed by atoms with Crippen molar-refractivity contribution in [3.05, 3.63) is 35.1 Å². The third kappa shape index (κ3) is 2.68. The largest absolute Gasteiger partial charge is 0.385 e. The average molecular weight is 236 g/mol. The summed E-state index contributed by atoms with van der Waals surface area (Å²) in [4.78, 5) is 0. The van der Waals surface area contributed by atoms with Crippen LogP contribution in [-0.2, 0) is 5.60 Å². The zero-order valence-electron chi connectivity index (χ0n) is 10.7. The van der Waals surface area contributed by atoms with E-state index in [1.807, 2.05) is 6.92 Å². The van der Waals surface area contributed by atoms with Gasteiger partial charge in [0.05, 0.1) is 5.60 Å². The number of hydrogen-bond acceptors (Lipinski definition) is 1. The molecule has 0 saturated heterocycles. The van der Waals surface area contributed by atoms with Crippen LogP contribution in [0.2, 0.25) is 0 Å². The Morgan fingerprint density at radius 1 is 1.29 bits per heavy atom. The Hall–Kier alpha value is -0.890. The Balaban J connectivity index is 2.33. The van der Waals surface area contributed by atoms with Crippen LogP contribution in [0.1, 0.15) is 50.2 Å². The maximum absolute atomic E-state index is 13.3. The molecule has 2 rings (SSSR count). The Labute approximate surface area is 103 Å². The summed E-state index contributed by atoms with van der Waals surface area (Å²) in [6.07, 6.45) is 4.71. The second-order valence-corrected chi connectivity index (χ2v) is 5.53. The maximum atomic E-state index is 13.3. The molecule has 0 radical (unpaired) electrons. The van der Waals surface area contributed by atoms with Crippen molar-refractivity contribution in [2.45, 2.75) is 51.6 Å². The van der Waals surface area contributed by atoms with Gasteiger partial charge < -0.3 is 5.11 Å². The molecule has 17 heavy (non-hydrogen) atoms. The molecule has 2 atom stereocenters. The molecule has 2 heteroatoms. The van der Waals surface area contributed by atoms with Gasteiger partial charge in [-0.2, -0.15) is 0 Å². The van der Waals surface area contributed by atoms with Crippen LogP contribution < -0.4 is 0 Å². The first-order valence-corrected chi connectivity index (χ1v) is 6.50. The minimum absolute atomic E-state index is 0.253. The zero-order valence-corrected chi connectivity index (χ0v) is 10.7. The van der Waals surface area contributed by atoms with Crippen molar-refractivity contribution in [2.24, 2.45) is 5.92 Å². The van der Waals surface area contributed by atoms with E-state index in [-0.39, 0.29) is 5.82 Å². The first-order valence-electron chi connectivity index (χ1n) is 6.50. The van der Waals surface area contributed by atoms with Crippen molar-refractivity contribution in [3.63, 3.8) is 0 Å². The van der Waals surface area contributed by atoms with Gasteiger partial charge in [0.2, 0.25) is 0 Å². The monoisotopic (exact) mass is 236 g/mol. The second-order valence-electron chi connectivity index (χ2n) is 5.53. The van der Waals surface area contributed by atoms with E-state index < -0.39 is 5.60 Å². The molecule has 0 spiro atoms. The van der Waals surface area contributed by atoms with Gasteiger partial charge in [-0.15, -0.1) is 0 Å². The van der Waals surface area contributed by atoms with Crippen molar-refractivity contribution >= 4 is 0 Å². The molecule has 1 aliphatic carbocycles. The van der Waals surface area contributed by atoms with Crippen LogP contribution in [0, 0.1) is 18.7 Å². The number of rotatable bonds is 1. The number of aryl methyl sites for hydroxylation is 1. The fourth-order valence-corrected chi connectivity index (χ4v) is 2.86. The minimum Gasteiger partial charge on any atom is -0.385 e. The molecule has 0 aliphatic heterocycles. The van der Waals surface area contributed by atoms with Gasteiger partial charge in [0.1, 0.15) is 5.82 Å². The highest BCUT2D eigenvalue weighted by Gasteiger charge is 2.33. The molecule has 1 N–H and O–H groups in total. The van der Waals surface area contributed by atoms with Gasteiger partial charge in [-0.1, -0.05) is 19.4 Å². The fourth-order valence-electron chi connectivity index (χ4n) is 2.86. The predicted molar refractivity (Wildman–Crippen MR) is 67.3 cm³/mol. The third-order valence-corrected chi connectivity index (χ3v) is 4.04. The highest BCUT2D eigenvalue weighted by molar-refractivity contribution is 5.32. The lowest BCUT2D eigenvalue weighted by atomic mass is 9.84. The van der Waals surface area contributed by atoms with Gasteiger partial charge in [-0.05, 0) is 61.8 Å². The van der Waals surface area contributed by atoms with Crippen molar-refractivity contribution in [1.82, 2.24) is 0 Å². The summed E-state index contributed by atoms with van der Waals surface area (Å²) in [6.45, 7) is 4.17. The van der Waals surface area contributed by atoms with Crippen LogP contribution in [-0.4, -0.2) is 5.11 Å². The molecule has 1 aromatic carbocycles. The normalized spacial score (nSPS) is 30.0. The van der Waals surface area contributed by atoms with Gasteiger partial charge in [-0.25, -0.2) is 4.39 Å². The van der Waals surface area contributed by atoms with E-state index in [4.69, 9.17) is 0 Å². The van der Waals surface area contributed by atoms with Crippen molar-refractivity contribution < 1.29 is 9.50 Å². The van der Waals surface area contributed by atoms with Crippen LogP contribution in [0.4, 0.5) is 4.39 Å². The SMILES string of the molecule is Cc1ccc(F)cc1C1(O)CCCC(C)CC1. The number of aliphatic hydroxyl groups is 1. The Morgan fingerprint density at radius 2 is 2.06 bits per heavy atom. The second kappa shape index (κ2) is 4.77. The molecule has 1 nitrogen and oxygen atoms in total. The summed E-state index contributed by atoms with van der Waals surface area (Å²) in [5.41, 5.74) is 0.951. The van der Waals surface area contributed by atoms with Crippen LogP contribution in [0.3, 0.4) is 0 Å². The summed E-state index contributed by atoms with van der Waals surface area (Å²) >= 11 is 0. The number of benzene rings is 1. The molecule has 1 aromatic rings. The van der Waals surface area contributed by atoms with E-state index in [9.17, 15) is 9.50 Å². The van der Waals surface area contributed by atoms with E-state index in [2.05, 4.69) is 6.92 Å². The molecule has 1 saturated carbocycles. The zero-order chi connectivity index (χ0) is 12.5. The van der Waals surface area contributed by atoms with Gasteiger partial charge in [0, 0.05) is 0 Å². The lowest BCUT2D eigenvalue weighted by Gasteiger charge is -2.29. The topological polar surface area (TPSA) is 20.2 Å².